The number of nitrogens with zero attached hydrogens (tertiary/aromatic N) is 2. The lowest BCUT2D eigenvalue weighted by Crippen LogP contribution is -2.57. The molecule has 0 aromatic heterocycles. The van der Waals surface area contributed by atoms with E-state index in [0.29, 0.717) is 19.6 Å². The van der Waals surface area contributed by atoms with Gasteiger partial charge in [0.1, 0.15) is 11.9 Å². The number of hydrogen-bond donors (Lipinski definition) is 1. The van der Waals surface area contributed by atoms with Crippen LogP contribution in [0.25, 0.3) is 0 Å². The maximum Gasteiger partial charge on any atom is 0.194 e. The summed E-state index contributed by atoms with van der Waals surface area (Å²) in [6.45, 7) is 11.7. The van der Waals surface area contributed by atoms with Crippen molar-refractivity contribution in [3.05, 3.63) is 29.8 Å². The number of halogens is 1. The van der Waals surface area contributed by atoms with Crippen LogP contribution in [0.5, 0.6) is 5.75 Å². The Morgan fingerprint density at radius 1 is 1.33 bits per heavy atom. The average Bonchev–Trinajstić information content (AvgIpc) is 2.56. The van der Waals surface area contributed by atoms with Gasteiger partial charge in [0, 0.05) is 19.6 Å². The molecule has 1 N–H and O–H groups in total. The van der Waals surface area contributed by atoms with Crippen LogP contribution in [0, 0.1) is 6.92 Å². The fraction of sp³-hybridized carbons (Fsp3) is 0.632. The largest absolute Gasteiger partial charge is 0.489 e. The van der Waals surface area contributed by atoms with Gasteiger partial charge in [0.05, 0.1) is 17.0 Å². The first-order valence-corrected chi connectivity index (χ1v) is 10.8. The summed E-state index contributed by atoms with van der Waals surface area (Å²) < 4.78 is 29.6. The Hall–Kier alpha value is -1.03. The first-order chi connectivity index (χ1) is 12.1. The van der Waals surface area contributed by atoms with E-state index >= 15 is 0 Å². The number of nitrogens with one attached hydrogen (secondary N) is 1. The third-order valence-electron chi connectivity index (χ3n) is 4.53. The highest BCUT2D eigenvalue weighted by Crippen LogP contribution is 2.23. The van der Waals surface area contributed by atoms with Gasteiger partial charge >= 0.3 is 0 Å². The van der Waals surface area contributed by atoms with Crippen LogP contribution in [0.4, 0.5) is 0 Å². The predicted octanol–water partition coefficient (Wildman–Crippen LogP) is 2.85. The first-order valence-electron chi connectivity index (χ1n) is 9.13. The number of aliphatic imine (C=N–C) groups is 1. The van der Waals surface area contributed by atoms with E-state index in [1.807, 2.05) is 49.9 Å². The molecule has 0 bridgehead atoms. The lowest BCUT2D eigenvalue weighted by molar-refractivity contribution is 0.229. The molecule has 1 aliphatic heterocycles. The molecule has 1 heterocycles. The van der Waals surface area contributed by atoms with Gasteiger partial charge in [-0.25, -0.2) is 13.4 Å². The van der Waals surface area contributed by atoms with E-state index in [4.69, 9.17) is 4.74 Å². The topological polar surface area (TPSA) is 71.0 Å². The van der Waals surface area contributed by atoms with Crippen LogP contribution in [-0.2, 0) is 9.84 Å². The summed E-state index contributed by atoms with van der Waals surface area (Å²) in [5.74, 6) is 1.73. The number of benzene rings is 1. The minimum absolute atomic E-state index is 0. The molecule has 0 aliphatic carbocycles. The molecular formula is C19H32IN3O3S. The van der Waals surface area contributed by atoms with E-state index in [9.17, 15) is 8.42 Å². The van der Waals surface area contributed by atoms with Gasteiger partial charge in [-0.3, -0.25) is 0 Å². The van der Waals surface area contributed by atoms with Crippen LogP contribution in [0.3, 0.4) is 0 Å². The zero-order valence-electron chi connectivity index (χ0n) is 16.9. The molecule has 8 heteroatoms. The summed E-state index contributed by atoms with van der Waals surface area (Å²) in [6.07, 6.45) is -0.0760. The molecule has 0 saturated carbocycles. The Bertz CT molecular complexity index is 733. The fourth-order valence-corrected chi connectivity index (χ4v) is 4.22. The van der Waals surface area contributed by atoms with Crippen molar-refractivity contribution in [1.82, 2.24) is 10.2 Å². The quantitative estimate of drug-likeness (QED) is 0.376. The number of hydrogen-bond acceptors (Lipinski definition) is 4. The average molecular weight is 509 g/mol. The highest BCUT2D eigenvalue weighted by molar-refractivity contribution is 14.0. The summed E-state index contributed by atoms with van der Waals surface area (Å²) in [4.78, 5) is 6.71. The van der Waals surface area contributed by atoms with Gasteiger partial charge in [-0.05, 0) is 46.8 Å². The van der Waals surface area contributed by atoms with Crippen molar-refractivity contribution in [2.24, 2.45) is 4.99 Å². The lowest BCUT2D eigenvalue weighted by Gasteiger charge is -2.39. The van der Waals surface area contributed by atoms with Crippen molar-refractivity contribution in [2.45, 2.75) is 45.5 Å². The molecule has 0 amide bonds. The number of ether oxygens (including phenoxy) is 1. The van der Waals surface area contributed by atoms with Gasteiger partial charge in [0.25, 0.3) is 0 Å². The van der Waals surface area contributed by atoms with E-state index in [-0.39, 0.29) is 35.8 Å². The minimum Gasteiger partial charge on any atom is -0.489 e. The molecule has 1 unspecified atom stereocenters. The Morgan fingerprint density at radius 3 is 2.52 bits per heavy atom. The highest BCUT2D eigenvalue weighted by Gasteiger charge is 2.40. The zero-order chi connectivity index (χ0) is 19.4. The Balaban J connectivity index is 0.00000364. The van der Waals surface area contributed by atoms with Crippen LogP contribution in [0.15, 0.2) is 29.3 Å². The molecular weight excluding hydrogens is 477 g/mol. The van der Waals surface area contributed by atoms with Crippen molar-refractivity contribution >= 4 is 39.8 Å². The Labute approximate surface area is 180 Å². The van der Waals surface area contributed by atoms with Crippen molar-refractivity contribution in [3.8, 4) is 5.75 Å². The van der Waals surface area contributed by atoms with E-state index in [1.54, 1.807) is 13.8 Å². The summed E-state index contributed by atoms with van der Waals surface area (Å²) in [7, 11) is -3.07. The van der Waals surface area contributed by atoms with Crippen LogP contribution >= 0.6 is 24.0 Å². The number of aryl methyl sites for hydroxylation is 1. The monoisotopic (exact) mass is 509 g/mol. The molecule has 154 valence electrons. The molecule has 1 aromatic carbocycles. The van der Waals surface area contributed by atoms with Crippen molar-refractivity contribution < 1.29 is 13.2 Å². The van der Waals surface area contributed by atoms with Gasteiger partial charge in [-0.15, -0.1) is 24.0 Å². The molecule has 1 atom stereocenters. The van der Waals surface area contributed by atoms with Gasteiger partial charge < -0.3 is 15.0 Å². The molecule has 1 fully saturated rings. The van der Waals surface area contributed by atoms with Gasteiger partial charge in [-0.1, -0.05) is 17.7 Å². The number of sulfone groups is 1. The summed E-state index contributed by atoms with van der Waals surface area (Å²) in [6, 6.07) is 7.95. The van der Waals surface area contributed by atoms with Gasteiger partial charge in [-0.2, -0.15) is 0 Å². The highest BCUT2D eigenvalue weighted by atomic mass is 127. The van der Waals surface area contributed by atoms with Crippen molar-refractivity contribution in [2.75, 3.05) is 31.9 Å². The minimum atomic E-state index is -3.07. The molecule has 6 nitrogen and oxygen atoms in total. The molecule has 1 saturated heterocycles. The first kappa shape index (κ1) is 24.0. The van der Waals surface area contributed by atoms with Crippen LogP contribution in [-0.4, -0.2) is 62.1 Å². The van der Waals surface area contributed by atoms with Crippen LogP contribution in [0.2, 0.25) is 0 Å². The predicted molar refractivity (Wildman–Crippen MR) is 122 cm³/mol. The van der Waals surface area contributed by atoms with E-state index in [1.165, 1.54) is 5.56 Å². The van der Waals surface area contributed by atoms with Gasteiger partial charge in [0.2, 0.25) is 0 Å². The van der Waals surface area contributed by atoms with Crippen LogP contribution < -0.4 is 10.1 Å². The second-order valence-electron chi connectivity index (χ2n) is 7.44. The SMILES string of the molecule is CCNC(=NCC(C)Oc1ccc(C)cc1)N1CCS(=O)(=O)C(C)(C)C1.I. The third kappa shape index (κ3) is 6.51. The summed E-state index contributed by atoms with van der Waals surface area (Å²) in [5, 5.41) is 3.27. The molecule has 2 rings (SSSR count). The molecule has 27 heavy (non-hydrogen) atoms. The second-order valence-corrected chi connectivity index (χ2v) is 10.2. The van der Waals surface area contributed by atoms with E-state index in [0.717, 1.165) is 18.3 Å². The van der Waals surface area contributed by atoms with E-state index < -0.39 is 14.6 Å². The van der Waals surface area contributed by atoms with Crippen molar-refractivity contribution in [1.29, 1.82) is 0 Å². The Kier molecular flexibility index (Phi) is 8.85. The molecule has 0 radical (unpaired) electrons. The lowest BCUT2D eigenvalue weighted by atomic mass is 10.2. The number of guanidine groups is 1. The number of rotatable bonds is 5. The normalized spacial score (nSPS) is 19.7. The Morgan fingerprint density at radius 2 is 1.96 bits per heavy atom. The summed E-state index contributed by atoms with van der Waals surface area (Å²) >= 11 is 0. The maximum absolute atomic E-state index is 12.2. The van der Waals surface area contributed by atoms with Crippen molar-refractivity contribution in [3.63, 3.8) is 0 Å². The molecule has 1 aromatic rings. The standard InChI is InChI=1S/C19H31N3O3S.HI/c1-6-20-18(22-11-12-26(23,24)19(4,5)14-22)21-13-16(3)25-17-9-7-15(2)8-10-17;/h7-10,16H,6,11-14H2,1-5H3,(H,20,21);1H. The zero-order valence-corrected chi connectivity index (χ0v) is 20.0. The fourth-order valence-electron chi connectivity index (χ4n) is 2.85. The smallest absolute Gasteiger partial charge is 0.194 e. The van der Waals surface area contributed by atoms with Crippen LogP contribution in [0.1, 0.15) is 33.3 Å². The molecule has 0 spiro atoms. The van der Waals surface area contributed by atoms with E-state index in [2.05, 4.69) is 10.3 Å². The third-order valence-corrected chi connectivity index (χ3v) is 7.07. The summed E-state index contributed by atoms with van der Waals surface area (Å²) in [5.41, 5.74) is 1.19. The maximum atomic E-state index is 12.2. The molecule has 1 aliphatic rings. The van der Waals surface area contributed by atoms with Gasteiger partial charge in [0.15, 0.2) is 15.8 Å². The second kappa shape index (κ2) is 9.95.